The molecule has 0 unspecified atom stereocenters. The van der Waals surface area contributed by atoms with Crippen molar-refractivity contribution in [1.82, 2.24) is 10.2 Å². The van der Waals surface area contributed by atoms with Crippen LogP contribution in [-0.4, -0.2) is 35.7 Å². The van der Waals surface area contributed by atoms with Crippen molar-refractivity contribution < 1.29 is 9.53 Å². The summed E-state index contributed by atoms with van der Waals surface area (Å²) in [6.45, 7) is 1.51. The van der Waals surface area contributed by atoms with Crippen molar-refractivity contribution in [3.8, 4) is 5.75 Å². The molecule has 2 heterocycles. The van der Waals surface area contributed by atoms with E-state index in [2.05, 4.69) is 29.6 Å². The average Bonchev–Trinajstić information content (AvgIpc) is 2.54. The number of fused-ring (bicyclic) bond motifs is 1. The number of nitrogens with two attached hydrogens (primary N) is 1. The van der Waals surface area contributed by atoms with E-state index in [0.29, 0.717) is 12.1 Å². The van der Waals surface area contributed by atoms with Crippen LogP contribution in [-0.2, 0) is 0 Å². The summed E-state index contributed by atoms with van der Waals surface area (Å²) >= 11 is 0. The van der Waals surface area contributed by atoms with Gasteiger partial charge in [0.15, 0.2) is 0 Å². The van der Waals surface area contributed by atoms with Gasteiger partial charge in [-0.15, -0.1) is 0 Å². The third-order valence-corrected chi connectivity index (χ3v) is 5.71. The van der Waals surface area contributed by atoms with Crippen LogP contribution in [0.25, 0.3) is 0 Å². The Kier molecular flexibility index (Phi) is 3.68. The van der Waals surface area contributed by atoms with Crippen molar-refractivity contribution in [1.29, 1.82) is 0 Å². The van der Waals surface area contributed by atoms with Gasteiger partial charge in [-0.2, -0.15) is 0 Å². The molecule has 5 nitrogen and oxygen atoms in total. The number of nitrogens with zero attached hydrogens (tertiary/aromatic N) is 1. The van der Waals surface area contributed by atoms with E-state index in [4.69, 9.17) is 10.5 Å². The molecule has 0 aromatic heterocycles. The van der Waals surface area contributed by atoms with E-state index in [1.54, 1.807) is 4.90 Å². The van der Waals surface area contributed by atoms with Crippen LogP contribution in [0.2, 0.25) is 0 Å². The van der Waals surface area contributed by atoms with Gasteiger partial charge in [0, 0.05) is 37.2 Å². The lowest BCUT2D eigenvalue weighted by atomic mass is 9.72. The molecule has 2 aliphatic heterocycles. The summed E-state index contributed by atoms with van der Waals surface area (Å²) in [6.07, 6.45) is 6.59. The minimum absolute atomic E-state index is 0.0555. The standard InChI is InChI=1S/C18H25N3O2/c19-17(22)21-10-6-13(7-11-21)20-15-12-18(8-3-9-18)23-16-5-2-1-4-14(15)16/h1-2,4-5,13,15,20H,3,6-12H2,(H2,19,22)/t15-/m1/s1. The molecule has 0 bridgehead atoms. The highest BCUT2D eigenvalue weighted by molar-refractivity contribution is 5.72. The number of nitrogens with one attached hydrogen (secondary N) is 1. The number of piperidine rings is 1. The van der Waals surface area contributed by atoms with E-state index in [1.165, 1.54) is 24.8 Å². The lowest BCUT2D eigenvalue weighted by Crippen LogP contribution is -2.52. The van der Waals surface area contributed by atoms with Crippen molar-refractivity contribution in [2.75, 3.05) is 13.1 Å². The molecular formula is C18H25N3O2. The van der Waals surface area contributed by atoms with Crippen molar-refractivity contribution in [3.05, 3.63) is 29.8 Å². The zero-order chi connectivity index (χ0) is 15.9. The van der Waals surface area contributed by atoms with Crippen LogP contribution in [0.15, 0.2) is 24.3 Å². The molecule has 1 atom stereocenters. The first-order chi connectivity index (χ1) is 11.2. The van der Waals surface area contributed by atoms with Gasteiger partial charge in [-0.1, -0.05) is 18.2 Å². The monoisotopic (exact) mass is 315 g/mol. The number of carbonyl (C=O) groups excluding carboxylic acids is 1. The summed E-state index contributed by atoms with van der Waals surface area (Å²) in [7, 11) is 0. The van der Waals surface area contributed by atoms with Crippen molar-refractivity contribution in [2.45, 2.75) is 56.2 Å². The number of primary amides is 1. The Bertz CT molecular complexity index is 592. The van der Waals surface area contributed by atoms with Crippen LogP contribution in [0, 0.1) is 0 Å². The molecule has 1 aliphatic carbocycles. The molecule has 1 spiro atoms. The Morgan fingerprint density at radius 1 is 1.26 bits per heavy atom. The third-order valence-electron chi connectivity index (χ3n) is 5.71. The molecule has 1 aromatic rings. The Balaban J connectivity index is 1.47. The predicted octanol–water partition coefficient (Wildman–Crippen LogP) is 2.57. The summed E-state index contributed by atoms with van der Waals surface area (Å²) in [6, 6.07) is 8.91. The van der Waals surface area contributed by atoms with Gasteiger partial charge in [0.05, 0.1) is 0 Å². The number of carbonyl (C=O) groups is 1. The minimum atomic E-state index is -0.298. The van der Waals surface area contributed by atoms with Crippen molar-refractivity contribution in [3.63, 3.8) is 0 Å². The van der Waals surface area contributed by atoms with E-state index in [0.717, 1.165) is 38.1 Å². The number of ether oxygens (including phenoxy) is 1. The van der Waals surface area contributed by atoms with Gasteiger partial charge < -0.3 is 20.7 Å². The van der Waals surface area contributed by atoms with E-state index in [1.807, 2.05) is 0 Å². The minimum Gasteiger partial charge on any atom is -0.487 e. The van der Waals surface area contributed by atoms with Crippen LogP contribution < -0.4 is 15.8 Å². The molecule has 2 fully saturated rings. The smallest absolute Gasteiger partial charge is 0.314 e. The first-order valence-electron chi connectivity index (χ1n) is 8.74. The zero-order valence-corrected chi connectivity index (χ0v) is 13.5. The molecule has 1 saturated heterocycles. The zero-order valence-electron chi connectivity index (χ0n) is 13.5. The van der Waals surface area contributed by atoms with Crippen LogP contribution >= 0.6 is 0 Å². The number of hydrogen-bond acceptors (Lipinski definition) is 3. The molecule has 4 rings (SSSR count). The third kappa shape index (κ3) is 2.78. The first kappa shape index (κ1) is 14.8. The topological polar surface area (TPSA) is 67.6 Å². The van der Waals surface area contributed by atoms with Gasteiger partial charge in [0.25, 0.3) is 0 Å². The Labute approximate surface area is 137 Å². The van der Waals surface area contributed by atoms with E-state index in [-0.39, 0.29) is 11.6 Å². The highest BCUT2D eigenvalue weighted by Gasteiger charge is 2.45. The summed E-state index contributed by atoms with van der Waals surface area (Å²) in [5.41, 5.74) is 6.71. The lowest BCUT2D eigenvalue weighted by Gasteiger charge is -2.49. The van der Waals surface area contributed by atoms with E-state index >= 15 is 0 Å². The van der Waals surface area contributed by atoms with E-state index in [9.17, 15) is 4.79 Å². The Morgan fingerprint density at radius 2 is 2.00 bits per heavy atom. The largest absolute Gasteiger partial charge is 0.487 e. The van der Waals surface area contributed by atoms with Gasteiger partial charge in [0.2, 0.25) is 0 Å². The second-order valence-electron chi connectivity index (χ2n) is 7.20. The number of benzene rings is 1. The Morgan fingerprint density at radius 3 is 2.65 bits per heavy atom. The highest BCUT2D eigenvalue weighted by Crippen LogP contribution is 2.48. The van der Waals surface area contributed by atoms with Crippen LogP contribution in [0.5, 0.6) is 5.75 Å². The lowest BCUT2D eigenvalue weighted by molar-refractivity contribution is -0.0386. The molecule has 23 heavy (non-hydrogen) atoms. The molecule has 5 heteroatoms. The molecule has 3 N–H and O–H groups in total. The SMILES string of the molecule is NC(=O)N1CCC(N[C@@H]2CC3(CCC3)Oc3ccccc32)CC1. The summed E-state index contributed by atoms with van der Waals surface area (Å²) in [4.78, 5) is 13.0. The highest BCUT2D eigenvalue weighted by atomic mass is 16.5. The fourth-order valence-electron chi connectivity index (χ4n) is 4.20. The van der Waals surface area contributed by atoms with Gasteiger partial charge in [-0.05, 0) is 38.2 Å². The van der Waals surface area contributed by atoms with Gasteiger partial charge in [-0.25, -0.2) is 4.79 Å². The normalized spacial score (nSPS) is 26.3. The second-order valence-corrected chi connectivity index (χ2v) is 7.20. The van der Waals surface area contributed by atoms with Gasteiger partial charge >= 0.3 is 6.03 Å². The van der Waals surface area contributed by atoms with Crippen molar-refractivity contribution >= 4 is 6.03 Å². The number of urea groups is 1. The fourth-order valence-corrected chi connectivity index (χ4v) is 4.20. The molecule has 1 aromatic carbocycles. The van der Waals surface area contributed by atoms with Crippen LogP contribution in [0.3, 0.4) is 0 Å². The maximum atomic E-state index is 11.3. The summed E-state index contributed by atoms with van der Waals surface area (Å²) < 4.78 is 6.31. The molecule has 124 valence electrons. The second kappa shape index (κ2) is 5.71. The van der Waals surface area contributed by atoms with Crippen LogP contribution in [0.1, 0.15) is 50.1 Å². The number of amides is 2. The molecule has 3 aliphatic rings. The van der Waals surface area contributed by atoms with Gasteiger partial charge in [-0.3, -0.25) is 0 Å². The average molecular weight is 315 g/mol. The van der Waals surface area contributed by atoms with Gasteiger partial charge in [0.1, 0.15) is 11.4 Å². The molecular weight excluding hydrogens is 290 g/mol. The molecule has 0 radical (unpaired) electrons. The number of para-hydroxylation sites is 1. The number of likely N-dealkylation sites (tertiary alicyclic amines) is 1. The Hall–Kier alpha value is -1.75. The maximum Gasteiger partial charge on any atom is 0.314 e. The number of rotatable bonds is 2. The molecule has 2 amide bonds. The fraction of sp³-hybridized carbons (Fsp3) is 0.611. The van der Waals surface area contributed by atoms with Crippen LogP contribution in [0.4, 0.5) is 4.79 Å². The van der Waals surface area contributed by atoms with Crippen molar-refractivity contribution in [2.24, 2.45) is 5.73 Å². The quantitative estimate of drug-likeness (QED) is 0.881. The van der Waals surface area contributed by atoms with E-state index < -0.39 is 0 Å². The maximum absolute atomic E-state index is 11.3. The number of hydrogen-bond donors (Lipinski definition) is 2. The summed E-state index contributed by atoms with van der Waals surface area (Å²) in [5.74, 6) is 1.05. The summed E-state index contributed by atoms with van der Waals surface area (Å²) in [5, 5.41) is 3.84. The molecule has 1 saturated carbocycles. The first-order valence-corrected chi connectivity index (χ1v) is 8.74. The predicted molar refractivity (Wildman–Crippen MR) is 88.3 cm³/mol.